The molecule has 0 fully saturated rings. The second-order valence-corrected chi connectivity index (χ2v) is 9.28. The molecule has 0 saturated heterocycles. The third kappa shape index (κ3) is 6.23. The van der Waals surface area contributed by atoms with Crippen LogP contribution in [0.25, 0.3) is 0 Å². The van der Waals surface area contributed by atoms with Gasteiger partial charge in [0.25, 0.3) is 0 Å². The van der Waals surface area contributed by atoms with Gasteiger partial charge in [0.1, 0.15) is 6.54 Å². The molecule has 1 heterocycles. The highest BCUT2D eigenvalue weighted by Crippen LogP contribution is 2.29. The van der Waals surface area contributed by atoms with Crippen molar-refractivity contribution in [1.82, 2.24) is 14.0 Å². The number of likely N-dealkylation sites (N-methyl/N-ethyl adjacent to an activating group) is 1. The van der Waals surface area contributed by atoms with Gasteiger partial charge in [-0.05, 0) is 30.2 Å². The van der Waals surface area contributed by atoms with E-state index in [0.29, 0.717) is 12.1 Å². The molecule has 3 rings (SSSR count). The summed E-state index contributed by atoms with van der Waals surface area (Å²) >= 11 is 0. The van der Waals surface area contributed by atoms with Crippen LogP contribution in [0.3, 0.4) is 0 Å². The number of hydrazone groups is 1. The fraction of sp³-hybridized carbons (Fsp3) is 0.333. The number of nitrogens with one attached hydrogen (secondary N) is 1. The maximum Gasteiger partial charge on any atom is 0.321 e. The van der Waals surface area contributed by atoms with E-state index in [2.05, 4.69) is 15.8 Å². The lowest BCUT2D eigenvalue weighted by Crippen LogP contribution is -2.49. The van der Waals surface area contributed by atoms with Gasteiger partial charge in [0, 0.05) is 19.5 Å². The van der Waals surface area contributed by atoms with Crippen LogP contribution in [0.4, 0.5) is 0 Å². The van der Waals surface area contributed by atoms with Crippen LogP contribution < -0.4 is 4.72 Å². The van der Waals surface area contributed by atoms with Crippen molar-refractivity contribution < 1.29 is 17.9 Å². The molecule has 184 valence electrons. The van der Waals surface area contributed by atoms with E-state index in [1.54, 1.807) is 26.0 Å². The number of hydrogen-bond acceptors (Lipinski definition) is 7. The first-order chi connectivity index (χ1) is 16.8. The summed E-state index contributed by atoms with van der Waals surface area (Å²) in [4.78, 5) is 16.0. The number of carbonyl (C=O) groups excluding carboxylic acids is 1. The van der Waals surface area contributed by atoms with Crippen molar-refractivity contribution in [2.75, 3.05) is 33.3 Å². The normalized spacial score (nSPS) is 16.1. The summed E-state index contributed by atoms with van der Waals surface area (Å²) in [6.45, 7) is 3.44. The predicted molar refractivity (Wildman–Crippen MR) is 133 cm³/mol. The molecule has 2 aromatic carbocycles. The van der Waals surface area contributed by atoms with Crippen LogP contribution in [-0.4, -0.2) is 68.7 Å². The van der Waals surface area contributed by atoms with Crippen molar-refractivity contribution in [2.45, 2.75) is 19.8 Å². The molecule has 11 heteroatoms. The van der Waals surface area contributed by atoms with Gasteiger partial charge in [0.2, 0.25) is 5.96 Å². The molecule has 1 N–H and O–H groups in total. The van der Waals surface area contributed by atoms with Gasteiger partial charge in [-0.3, -0.25) is 9.79 Å². The minimum absolute atomic E-state index is 0.0249. The molecule has 0 radical (unpaired) electrons. The zero-order chi connectivity index (χ0) is 25.4. The molecule has 10 nitrogen and oxygen atoms in total. The van der Waals surface area contributed by atoms with Gasteiger partial charge in [-0.2, -0.15) is 23.1 Å². The van der Waals surface area contributed by atoms with Gasteiger partial charge in [-0.15, -0.1) is 0 Å². The number of nitriles is 1. The summed E-state index contributed by atoms with van der Waals surface area (Å²) < 4.78 is 34.4. The average Bonchev–Trinajstić information content (AvgIpc) is 3.32. The molecule has 0 spiro atoms. The molecule has 0 saturated carbocycles. The second kappa shape index (κ2) is 11.6. The average molecular weight is 497 g/mol. The fourth-order valence-corrected chi connectivity index (χ4v) is 4.84. The number of benzene rings is 2. The fourth-order valence-electron chi connectivity index (χ4n) is 3.67. The maximum absolute atomic E-state index is 13.0. The van der Waals surface area contributed by atoms with E-state index < -0.39 is 22.7 Å². The molecule has 0 bridgehead atoms. The molecular formula is C24H28N6O4S. The SMILES string of the molecule is CCOC(=O)CN(CC)S(=O)(=O)NC(=NC)N1CC(c2ccccc2)C(c2ccc(C#N)cc2)=N1. The van der Waals surface area contributed by atoms with E-state index in [1.165, 1.54) is 12.1 Å². The smallest absolute Gasteiger partial charge is 0.321 e. The van der Waals surface area contributed by atoms with E-state index in [1.807, 2.05) is 42.5 Å². The molecule has 0 aromatic heterocycles. The topological polar surface area (TPSA) is 127 Å². The molecule has 1 atom stereocenters. The number of nitrogens with zero attached hydrogens (tertiary/aromatic N) is 5. The second-order valence-electron chi connectivity index (χ2n) is 7.61. The lowest BCUT2D eigenvalue weighted by molar-refractivity contribution is -0.143. The Bertz CT molecular complexity index is 1240. The molecule has 0 aliphatic carbocycles. The van der Waals surface area contributed by atoms with Gasteiger partial charge in [-0.25, -0.2) is 9.73 Å². The number of aliphatic imine (C=N–C) groups is 1. The van der Waals surface area contributed by atoms with Crippen molar-refractivity contribution in [3.63, 3.8) is 0 Å². The molecule has 1 unspecified atom stereocenters. The van der Waals surface area contributed by atoms with Crippen molar-refractivity contribution >= 4 is 27.8 Å². The van der Waals surface area contributed by atoms with Crippen LogP contribution in [0.1, 0.15) is 36.5 Å². The number of rotatable bonds is 8. The van der Waals surface area contributed by atoms with Crippen LogP contribution >= 0.6 is 0 Å². The summed E-state index contributed by atoms with van der Waals surface area (Å²) in [5.74, 6) is -0.773. The molecule has 2 aromatic rings. The van der Waals surface area contributed by atoms with Gasteiger partial charge in [0.15, 0.2) is 0 Å². The Labute approximate surface area is 205 Å². The minimum Gasteiger partial charge on any atom is -0.465 e. The third-order valence-corrected chi connectivity index (χ3v) is 6.91. The summed E-state index contributed by atoms with van der Waals surface area (Å²) in [6.07, 6.45) is 0. The standard InChI is InChI=1S/C24H28N6O4S/c1-4-29(17-22(31)34-5-2)35(32,33)28-24(26-3)30-16-21(19-9-7-6-8-10-19)23(27-30)20-13-11-18(15-25)12-14-20/h6-14,21H,4-5,16-17H2,1-3H3,(H,26,28). The Balaban J connectivity index is 1.90. The number of guanidine groups is 1. The zero-order valence-corrected chi connectivity index (χ0v) is 20.7. The minimum atomic E-state index is -4.10. The molecular weight excluding hydrogens is 468 g/mol. The Morgan fingerprint density at radius 1 is 1.23 bits per heavy atom. The first kappa shape index (κ1) is 25.9. The van der Waals surface area contributed by atoms with Crippen LogP contribution in [0.5, 0.6) is 0 Å². The van der Waals surface area contributed by atoms with E-state index in [9.17, 15) is 13.2 Å². The highest BCUT2D eigenvalue weighted by atomic mass is 32.2. The summed E-state index contributed by atoms with van der Waals surface area (Å²) in [6, 6.07) is 18.9. The first-order valence-electron chi connectivity index (χ1n) is 11.1. The van der Waals surface area contributed by atoms with Gasteiger partial charge < -0.3 is 4.74 Å². The molecule has 35 heavy (non-hydrogen) atoms. The molecule has 0 amide bonds. The van der Waals surface area contributed by atoms with E-state index in [0.717, 1.165) is 21.1 Å². The van der Waals surface area contributed by atoms with Gasteiger partial charge in [-0.1, -0.05) is 49.4 Å². The van der Waals surface area contributed by atoms with Gasteiger partial charge in [0.05, 0.1) is 30.5 Å². The highest BCUT2D eigenvalue weighted by molar-refractivity contribution is 7.87. The Hall–Kier alpha value is -3.75. The monoisotopic (exact) mass is 496 g/mol. The van der Waals surface area contributed by atoms with E-state index in [-0.39, 0.29) is 25.0 Å². The van der Waals surface area contributed by atoms with E-state index >= 15 is 0 Å². The predicted octanol–water partition coefficient (Wildman–Crippen LogP) is 2.07. The Kier molecular flexibility index (Phi) is 8.57. The first-order valence-corrected chi connectivity index (χ1v) is 12.6. The summed E-state index contributed by atoms with van der Waals surface area (Å²) in [5, 5.41) is 15.3. The van der Waals surface area contributed by atoms with E-state index in [4.69, 9.17) is 15.1 Å². The van der Waals surface area contributed by atoms with Crippen molar-refractivity contribution in [2.24, 2.45) is 10.1 Å². The lowest BCUT2D eigenvalue weighted by Gasteiger charge is -2.24. The van der Waals surface area contributed by atoms with Crippen molar-refractivity contribution in [3.05, 3.63) is 71.3 Å². The van der Waals surface area contributed by atoms with Crippen LogP contribution in [0.15, 0.2) is 64.7 Å². The highest BCUT2D eigenvalue weighted by Gasteiger charge is 2.34. The third-order valence-electron chi connectivity index (χ3n) is 5.41. The quantitative estimate of drug-likeness (QED) is 0.339. The zero-order valence-electron chi connectivity index (χ0n) is 19.9. The van der Waals surface area contributed by atoms with Crippen molar-refractivity contribution in [1.29, 1.82) is 5.26 Å². The molecule has 1 aliphatic heterocycles. The molecule has 1 aliphatic rings. The Morgan fingerprint density at radius 3 is 2.49 bits per heavy atom. The maximum atomic E-state index is 13.0. The van der Waals surface area contributed by atoms with Gasteiger partial charge >= 0.3 is 16.2 Å². The lowest BCUT2D eigenvalue weighted by atomic mass is 9.90. The number of hydrogen-bond donors (Lipinski definition) is 1. The largest absolute Gasteiger partial charge is 0.465 e. The van der Waals surface area contributed by atoms with Crippen LogP contribution in [0.2, 0.25) is 0 Å². The van der Waals surface area contributed by atoms with Crippen LogP contribution in [-0.2, 0) is 19.7 Å². The number of carbonyl (C=O) groups is 1. The van der Waals surface area contributed by atoms with Crippen molar-refractivity contribution in [3.8, 4) is 6.07 Å². The Morgan fingerprint density at radius 2 is 1.91 bits per heavy atom. The van der Waals surface area contributed by atoms with Crippen LogP contribution in [0, 0.1) is 11.3 Å². The summed E-state index contributed by atoms with van der Waals surface area (Å²) in [5.41, 5.74) is 3.08. The number of esters is 1. The summed E-state index contributed by atoms with van der Waals surface area (Å²) in [7, 11) is -2.64. The number of ether oxygens (including phenoxy) is 1.